The Hall–Kier alpha value is -1.39. The summed E-state index contributed by atoms with van der Waals surface area (Å²) in [7, 11) is 0. The van der Waals surface area contributed by atoms with Crippen molar-refractivity contribution in [3.8, 4) is 5.75 Å². The highest BCUT2D eigenvalue weighted by molar-refractivity contribution is 9.10. The molecule has 0 aliphatic heterocycles. The Labute approximate surface area is 126 Å². The lowest BCUT2D eigenvalue weighted by Crippen LogP contribution is -2.08. The predicted octanol–water partition coefficient (Wildman–Crippen LogP) is 4.50. The molecule has 106 valence electrons. The van der Waals surface area contributed by atoms with E-state index in [4.69, 9.17) is 10.5 Å². The fourth-order valence-electron chi connectivity index (χ4n) is 1.96. The Morgan fingerprint density at radius 3 is 2.70 bits per heavy atom. The second kappa shape index (κ2) is 6.37. The third-order valence-corrected chi connectivity index (χ3v) is 3.65. The summed E-state index contributed by atoms with van der Waals surface area (Å²) < 4.78 is 20.0. The van der Waals surface area contributed by atoms with Crippen LogP contribution in [0.2, 0.25) is 0 Å². The third-order valence-electron chi connectivity index (χ3n) is 3.16. The average Bonchev–Trinajstić information content (AvgIpc) is 2.40. The summed E-state index contributed by atoms with van der Waals surface area (Å²) in [4.78, 5) is 0. The number of ether oxygens (including phenoxy) is 1. The number of aryl methyl sites for hydroxylation is 1. The summed E-state index contributed by atoms with van der Waals surface area (Å²) >= 11 is 3.42. The summed E-state index contributed by atoms with van der Waals surface area (Å²) in [5.41, 5.74) is 8.71. The van der Waals surface area contributed by atoms with E-state index in [0.717, 1.165) is 26.9 Å². The molecule has 1 atom stereocenters. The van der Waals surface area contributed by atoms with Crippen LogP contribution >= 0.6 is 15.9 Å². The quantitative estimate of drug-likeness (QED) is 0.891. The van der Waals surface area contributed by atoms with E-state index in [9.17, 15) is 4.39 Å². The van der Waals surface area contributed by atoms with Crippen LogP contribution in [0.3, 0.4) is 0 Å². The normalized spacial score (nSPS) is 12.2. The highest BCUT2D eigenvalue weighted by Gasteiger charge is 2.10. The monoisotopic (exact) mass is 337 g/mol. The van der Waals surface area contributed by atoms with E-state index in [2.05, 4.69) is 15.9 Å². The van der Waals surface area contributed by atoms with Gasteiger partial charge in [-0.3, -0.25) is 0 Å². The van der Waals surface area contributed by atoms with Crippen LogP contribution in [0.4, 0.5) is 4.39 Å². The Bertz CT molecular complexity index is 613. The lowest BCUT2D eigenvalue weighted by Gasteiger charge is -2.15. The molecule has 0 heterocycles. The fourth-order valence-corrected chi connectivity index (χ4v) is 2.34. The number of hydrogen-bond acceptors (Lipinski definition) is 2. The first-order chi connectivity index (χ1) is 9.47. The molecule has 0 spiro atoms. The summed E-state index contributed by atoms with van der Waals surface area (Å²) in [6.45, 7) is 4.17. The maximum absolute atomic E-state index is 13.3. The molecule has 2 nitrogen and oxygen atoms in total. The predicted molar refractivity (Wildman–Crippen MR) is 82.2 cm³/mol. The molecule has 2 N–H and O–H groups in total. The van der Waals surface area contributed by atoms with Crippen LogP contribution in [0, 0.1) is 12.7 Å². The zero-order chi connectivity index (χ0) is 14.7. The van der Waals surface area contributed by atoms with Gasteiger partial charge in [-0.15, -0.1) is 0 Å². The standard InChI is InChI=1S/C16H17BrFNO/c1-10-3-5-14(18)7-12(10)9-20-16-6-4-13(17)8-15(16)11(2)19/h3-8,11H,9,19H2,1-2H3. The zero-order valence-corrected chi connectivity index (χ0v) is 13.1. The molecular formula is C16H17BrFNO. The molecule has 0 fully saturated rings. The Morgan fingerprint density at radius 1 is 1.25 bits per heavy atom. The number of benzene rings is 2. The lowest BCUT2D eigenvalue weighted by molar-refractivity contribution is 0.300. The van der Waals surface area contributed by atoms with Gasteiger partial charge in [0.2, 0.25) is 0 Å². The highest BCUT2D eigenvalue weighted by atomic mass is 79.9. The van der Waals surface area contributed by atoms with Crippen molar-refractivity contribution in [1.29, 1.82) is 0 Å². The van der Waals surface area contributed by atoms with Gasteiger partial charge >= 0.3 is 0 Å². The molecule has 1 unspecified atom stereocenters. The first kappa shape index (κ1) is 15.0. The van der Waals surface area contributed by atoms with Crippen molar-refractivity contribution in [2.24, 2.45) is 5.73 Å². The van der Waals surface area contributed by atoms with Gasteiger partial charge in [-0.05, 0) is 55.3 Å². The number of hydrogen-bond donors (Lipinski definition) is 1. The van der Waals surface area contributed by atoms with Crippen molar-refractivity contribution >= 4 is 15.9 Å². The molecule has 0 aromatic heterocycles. The molecule has 0 saturated carbocycles. The van der Waals surface area contributed by atoms with Crippen molar-refractivity contribution in [3.63, 3.8) is 0 Å². The SMILES string of the molecule is Cc1ccc(F)cc1COc1ccc(Br)cc1C(C)N. The van der Waals surface area contributed by atoms with Gasteiger partial charge in [-0.2, -0.15) is 0 Å². The molecular weight excluding hydrogens is 321 g/mol. The first-order valence-electron chi connectivity index (χ1n) is 6.40. The molecule has 0 aliphatic rings. The molecule has 0 saturated heterocycles. The summed E-state index contributed by atoms with van der Waals surface area (Å²) in [5.74, 6) is 0.476. The van der Waals surface area contributed by atoms with Gasteiger partial charge in [0, 0.05) is 16.1 Å². The largest absolute Gasteiger partial charge is 0.489 e. The minimum absolute atomic E-state index is 0.129. The number of nitrogens with two attached hydrogens (primary N) is 1. The number of halogens is 2. The lowest BCUT2D eigenvalue weighted by atomic mass is 10.1. The van der Waals surface area contributed by atoms with Crippen molar-refractivity contribution in [1.82, 2.24) is 0 Å². The van der Waals surface area contributed by atoms with E-state index < -0.39 is 0 Å². The van der Waals surface area contributed by atoms with Crippen LogP contribution in [0.25, 0.3) is 0 Å². The minimum atomic E-state index is -0.252. The molecule has 20 heavy (non-hydrogen) atoms. The van der Waals surface area contributed by atoms with Crippen LogP contribution in [0.15, 0.2) is 40.9 Å². The van der Waals surface area contributed by atoms with Crippen molar-refractivity contribution in [2.45, 2.75) is 26.5 Å². The van der Waals surface area contributed by atoms with Crippen LogP contribution in [0.1, 0.15) is 29.7 Å². The zero-order valence-electron chi connectivity index (χ0n) is 11.5. The van der Waals surface area contributed by atoms with E-state index in [0.29, 0.717) is 6.61 Å². The van der Waals surface area contributed by atoms with E-state index >= 15 is 0 Å². The van der Waals surface area contributed by atoms with Crippen LogP contribution in [-0.2, 0) is 6.61 Å². The van der Waals surface area contributed by atoms with Gasteiger partial charge in [-0.25, -0.2) is 4.39 Å². The van der Waals surface area contributed by atoms with Crippen LogP contribution in [-0.4, -0.2) is 0 Å². The molecule has 2 rings (SSSR count). The second-order valence-corrected chi connectivity index (χ2v) is 5.75. The minimum Gasteiger partial charge on any atom is -0.489 e. The smallest absolute Gasteiger partial charge is 0.124 e. The average molecular weight is 338 g/mol. The molecule has 0 radical (unpaired) electrons. The fraction of sp³-hybridized carbons (Fsp3) is 0.250. The van der Waals surface area contributed by atoms with E-state index in [1.54, 1.807) is 6.07 Å². The summed E-state index contributed by atoms with van der Waals surface area (Å²) in [5, 5.41) is 0. The van der Waals surface area contributed by atoms with Gasteiger partial charge in [-0.1, -0.05) is 22.0 Å². The van der Waals surface area contributed by atoms with Gasteiger partial charge in [0.05, 0.1) is 0 Å². The summed E-state index contributed by atoms with van der Waals surface area (Å²) in [6.07, 6.45) is 0. The topological polar surface area (TPSA) is 35.2 Å². The number of rotatable bonds is 4. The molecule has 4 heteroatoms. The molecule has 0 amide bonds. The summed E-state index contributed by atoms with van der Waals surface area (Å²) in [6, 6.07) is 10.3. The van der Waals surface area contributed by atoms with Crippen LogP contribution in [0.5, 0.6) is 5.75 Å². The van der Waals surface area contributed by atoms with Gasteiger partial charge in [0.1, 0.15) is 18.2 Å². The van der Waals surface area contributed by atoms with Crippen molar-refractivity contribution in [2.75, 3.05) is 0 Å². The third kappa shape index (κ3) is 3.58. The maximum atomic E-state index is 13.3. The van der Waals surface area contributed by atoms with E-state index in [1.165, 1.54) is 12.1 Å². The van der Waals surface area contributed by atoms with Crippen molar-refractivity contribution < 1.29 is 9.13 Å². The van der Waals surface area contributed by atoms with Gasteiger partial charge in [0.15, 0.2) is 0 Å². The van der Waals surface area contributed by atoms with E-state index in [1.807, 2.05) is 32.0 Å². The highest BCUT2D eigenvalue weighted by Crippen LogP contribution is 2.28. The van der Waals surface area contributed by atoms with Gasteiger partial charge in [0.25, 0.3) is 0 Å². The Kier molecular flexibility index (Phi) is 4.78. The molecule has 2 aromatic carbocycles. The Morgan fingerprint density at radius 2 is 2.00 bits per heavy atom. The second-order valence-electron chi connectivity index (χ2n) is 4.83. The van der Waals surface area contributed by atoms with Gasteiger partial charge < -0.3 is 10.5 Å². The van der Waals surface area contributed by atoms with Crippen LogP contribution < -0.4 is 10.5 Å². The Balaban J connectivity index is 2.20. The first-order valence-corrected chi connectivity index (χ1v) is 7.19. The van der Waals surface area contributed by atoms with Crippen molar-refractivity contribution in [3.05, 3.63) is 63.4 Å². The van der Waals surface area contributed by atoms with E-state index in [-0.39, 0.29) is 11.9 Å². The molecule has 0 bridgehead atoms. The molecule has 0 aliphatic carbocycles. The maximum Gasteiger partial charge on any atom is 0.124 e. The molecule has 2 aromatic rings.